The van der Waals surface area contributed by atoms with Gasteiger partial charge < -0.3 is 0 Å². The van der Waals surface area contributed by atoms with Crippen molar-refractivity contribution in [2.75, 3.05) is 16.1 Å². The molecule has 3 rings (SSSR count). The van der Waals surface area contributed by atoms with Crippen LogP contribution in [0.2, 0.25) is 0 Å². The van der Waals surface area contributed by atoms with Gasteiger partial charge in [-0.15, -0.1) is 0 Å². The quantitative estimate of drug-likeness (QED) is 0.686. The molecule has 0 aliphatic carbocycles. The van der Waals surface area contributed by atoms with Gasteiger partial charge in [0.1, 0.15) is 0 Å². The van der Waals surface area contributed by atoms with E-state index in [4.69, 9.17) is 0 Å². The van der Waals surface area contributed by atoms with Crippen molar-refractivity contribution < 1.29 is 16.8 Å². The van der Waals surface area contributed by atoms with Gasteiger partial charge >= 0.3 is 0 Å². The summed E-state index contributed by atoms with van der Waals surface area (Å²) in [5.41, 5.74) is 0.393. The molecule has 0 saturated carbocycles. The van der Waals surface area contributed by atoms with Gasteiger partial charge in [-0.2, -0.15) is 0 Å². The highest BCUT2D eigenvalue weighted by molar-refractivity contribution is 7.93. The summed E-state index contributed by atoms with van der Waals surface area (Å²) in [7, 11) is -6.30. The molecule has 140 valence electrons. The minimum Gasteiger partial charge on any atom is -0.277 e. The number of nitrogens with zero attached hydrogens (tertiary/aromatic N) is 1. The van der Waals surface area contributed by atoms with Crippen LogP contribution in [0.1, 0.15) is 0 Å². The molecular weight excluding hydrogens is 384 g/mol. The van der Waals surface area contributed by atoms with E-state index in [2.05, 4.69) is 4.72 Å². The molecule has 8 heteroatoms. The van der Waals surface area contributed by atoms with Gasteiger partial charge in [-0.1, -0.05) is 48.5 Å². The maximum Gasteiger partial charge on any atom is 0.264 e. The first-order chi connectivity index (χ1) is 12.8. The van der Waals surface area contributed by atoms with Crippen molar-refractivity contribution >= 4 is 31.4 Å². The largest absolute Gasteiger partial charge is 0.277 e. The Balaban J connectivity index is 2.00. The fourth-order valence-electron chi connectivity index (χ4n) is 2.52. The first kappa shape index (κ1) is 18.9. The number of hydrogen-bond donors (Lipinski definition) is 1. The van der Waals surface area contributed by atoms with E-state index in [0.717, 1.165) is 4.31 Å². The molecule has 0 heterocycles. The molecule has 0 radical (unpaired) electrons. The first-order valence-electron chi connectivity index (χ1n) is 8.03. The van der Waals surface area contributed by atoms with E-state index in [-0.39, 0.29) is 21.2 Å². The van der Waals surface area contributed by atoms with Crippen LogP contribution in [0.3, 0.4) is 0 Å². The monoisotopic (exact) mass is 402 g/mol. The van der Waals surface area contributed by atoms with Crippen LogP contribution in [0.15, 0.2) is 94.7 Å². The molecule has 6 nitrogen and oxygen atoms in total. The number of rotatable bonds is 6. The molecule has 0 aliphatic rings. The van der Waals surface area contributed by atoms with Crippen molar-refractivity contribution in [2.45, 2.75) is 9.79 Å². The maximum atomic E-state index is 12.9. The van der Waals surface area contributed by atoms with E-state index in [1.807, 2.05) is 0 Å². The van der Waals surface area contributed by atoms with Crippen LogP contribution in [-0.2, 0) is 20.0 Å². The number of benzene rings is 3. The van der Waals surface area contributed by atoms with Gasteiger partial charge in [0.15, 0.2) is 0 Å². The standard InChI is InChI=1S/C19H18N2O4S2/c1-21(27(24,25)17-12-6-3-7-13-17)19-15-9-8-14-18(19)20-26(22,23)16-10-4-2-5-11-16/h2-15,20H,1H3. The summed E-state index contributed by atoms with van der Waals surface area (Å²) >= 11 is 0. The fraction of sp³-hybridized carbons (Fsp3) is 0.0526. The fourth-order valence-corrected chi connectivity index (χ4v) is 4.85. The predicted octanol–water partition coefficient (Wildman–Crippen LogP) is 3.31. The average molecular weight is 402 g/mol. The second-order valence-corrected chi connectivity index (χ2v) is 9.37. The number of anilines is 2. The third kappa shape index (κ3) is 3.96. The third-order valence-corrected chi connectivity index (χ3v) is 7.11. The summed E-state index contributed by atoms with van der Waals surface area (Å²) in [6.07, 6.45) is 0. The van der Waals surface area contributed by atoms with Gasteiger partial charge in [0.05, 0.1) is 21.2 Å². The van der Waals surface area contributed by atoms with Crippen molar-refractivity contribution in [2.24, 2.45) is 0 Å². The van der Waals surface area contributed by atoms with Crippen LogP contribution in [0.4, 0.5) is 11.4 Å². The predicted molar refractivity (Wildman–Crippen MR) is 106 cm³/mol. The van der Waals surface area contributed by atoms with Crippen LogP contribution in [-0.4, -0.2) is 23.9 Å². The van der Waals surface area contributed by atoms with Gasteiger partial charge in [0, 0.05) is 7.05 Å². The molecule has 0 spiro atoms. The lowest BCUT2D eigenvalue weighted by molar-refractivity contribution is 0.593. The molecule has 0 aliphatic heterocycles. The van der Waals surface area contributed by atoms with E-state index < -0.39 is 20.0 Å². The highest BCUT2D eigenvalue weighted by Crippen LogP contribution is 2.30. The Hall–Kier alpha value is -2.84. The average Bonchev–Trinajstić information content (AvgIpc) is 2.69. The summed E-state index contributed by atoms with van der Waals surface area (Å²) in [4.78, 5) is 0.210. The van der Waals surface area contributed by atoms with E-state index in [1.165, 1.54) is 37.4 Å². The molecule has 0 unspecified atom stereocenters. The molecule has 27 heavy (non-hydrogen) atoms. The Kier molecular flexibility index (Phi) is 5.20. The van der Waals surface area contributed by atoms with E-state index in [1.54, 1.807) is 54.6 Å². The molecule has 0 atom stereocenters. The van der Waals surface area contributed by atoms with Crippen LogP contribution in [0, 0.1) is 0 Å². The lowest BCUT2D eigenvalue weighted by Gasteiger charge is -2.22. The Morgan fingerprint density at radius 1 is 0.667 bits per heavy atom. The molecule has 1 N–H and O–H groups in total. The van der Waals surface area contributed by atoms with E-state index in [0.29, 0.717) is 0 Å². The zero-order valence-electron chi connectivity index (χ0n) is 14.5. The Morgan fingerprint density at radius 2 is 1.15 bits per heavy atom. The SMILES string of the molecule is CN(c1ccccc1NS(=O)(=O)c1ccccc1)S(=O)(=O)c1ccccc1. The van der Waals surface area contributed by atoms with Crippen molar-refractivity contribution in [1.82, 2.24) is 0 Å². The summed E-state index contributed by atoms with van der Waals surface area (Å²) in [6.45, 7) is 0. The molecule has 0 aromatic heterocycles. The molecule has 0 saturated heterocycles. The van der Waals surface area contributed by atoms with Crippen LogP contribution >= 0.6 is 0 Å². The molecule has 3 aromatic carbocycles. The number of para-hydroxylation sites is 2. The Labute approximate surface area is 159 Å². The van der Waals surface area contributed by atoms with Crippen LogP contribution in [0.5, 0.6) is 0 Å². The summed E-state index contributed by atoms with van der Waals surface area (Å²) in [5, 5.41) is 0. The molecule has 3 aromatic rings. The number of sulfonamides is 2. The number of nitrogens with one attached hydrogen (secondary N) is 1. The van der Waals surface area contributed by atoms with Crippen molar-refractivity contribution in [1.29, 1.82) is 0 Å². The van der Waals surface area contributed by atoms with Crippen LogP contribution < -0.4 is 9.03 Å². The molecule has 0 fully saturated rings. The van der Waals surface area contributed by atoms with Gasteiger partial charge in [-0.05, 0) is 36.4 Å². The summed E-state index contributed by atoms with van der Waals surface area (Å²) < 4.78 is 54.5. The minimum atomic E-state index is -3.85. The highest BCUT2D eigenvalue weighted by atomic mass is 32.2. The minimum absolute atomic E-state index is 0.0911. The van der Waals surface area contributed by atoms with Crippen molar-refractivity contribution in [3.8, 4) is 0 Å². The van der Waals surface area contributed by atoms with E-state index >= 15 is 0 Å². The van der Waals surface area contributed by atoms with Crippen LogP contribution in [0.25, 0.3) is 0 Å². The van der Waals surface area contributed by atoms with Gasteiger partial charge in [0.25, 0.3) is 20.0 Å². The van der Waals surface area contributed by atoms with Gasteiger partial charge in [0.2, 0.25) is 0 Å². The zero-order chi connectivity index (χ0) is 19.5. The normalized spacial score (nSPS) is 11.7. The van der Waals surface area contributed by atoms with Gasteiger partial charge in [-0.25, -0.2) is 16.8 Å². The number of hydrogen-bond acceptors (Lipinski definition) is 4. The van der Waals surface area contributed by atoms with Gasteiger partial charge in [-0.3, -0.25) is 9.03 Å². The molecule has 0 amide bonds. The molecule has 0 bridgehead atoms. The third-order valence-electron chi connectivity index (χ3n) is 3.94. The van der Waals surface area contributed by atoms with Crippen molar-refractivity contribution in [3.63, 3.8) is 0 Å². The zero-order valence-corrected chi connectivity index (χ0v) is 16.1. The topological polar surface area (TPSA) is 83.6 Å². The van der Waals surface area contributed by atoms with Crippen molar-refractivity contribution in [3.05, 3.63) is 84.9 Å². The lowest BCUT2D eigenvalue weighted by Crippen LogP contribution is -2.28. The highest BCUT2D eigenvalue weighted by Gasteiger charge is 2.24. The summed E-state index contributed by atoms with van der Waals surface area (Å²) in [5.74, 6) is 0. The second kappa shape index (κ2) is 7.42. The lowest BCUT2D eigenvalue weighted by atomic mass is 10.3. The Bertz CT molecular complexity index is 1130. The first-order valence-corrected chi connectivity index (χ1v) is 11.0. The molecular formula is C19H18N2O4S2. The maximum absolute atomic E-state index is 12.9. The summed E-state index contributed by atoms with van der Waals surface area (Å²) in [6, 6.07) is 22.2. The smallest absolute Gasteiger partial charge is 0.264 e. The Morgan fingerprint density at radius 3 is 1.74 bits per heavy atom. The van der Waals surface area contributed by atoms with E-state index in [9.17, 15) is 16.8 Å². The second-order valence-electron chi connectivity index (χ2n) is 5.72.